The average molecular weight is 322 g/mol. The summed E-state index contributed by atoms with van der Waals surface area (Å²) in [6.07, 6.45) is 3.37. The van der Waals surface area contributed by atoms with Crippen molar-refractivity contribution in [2.75, 3.05) is 46.9 Å². The van der Waals surface area contributed by atoms with Gasteiger partial charge in [-0.05, 0) is 39.1 Å². The molecule has 0 saturated carbocycles. The topological polar surface area (TPSA) is 55.2 Å². The Hall–Kier alpha value is -1.37. The predicted octanol–water partition coefficient (Wildman–Crippen LogP) is 1.40. The molecule has 2 aliphatic rings. The van der Waals surface area contributed by atoms with Gasteiger partial charge >= 0.3 is 0 Å². The van der Waals surface area contributed by atoms with E-state index in [2.05, 4.69) is 19.0 Å². The van der Waals surface area contributed by atoms with E-state index in [0.29, 0.717) is 38.2 Å². The number of amides is 1. The molecule has 6 nitrogen and oxygen atoms in total. The Morgan fingerprint density at radius 2 is 1.96 bits per heavy atom. The van der Waals surface area contributed by atoms with E-state index in [4.69, 9.17) is 13.9 Å². The first-order valence-electron chi connectivity index (χ1n) is 8.38. The van der Waals surface area contributed by atoms with E-state index in [9.17, 15) is 4.79 Å². The van der Waals surface area contributed by atoms with Gasteiger partial charge in [-0.3, -0.25) is 4.79 Å². The number of ether oxygens (including phenoxy) is 2. The van der Waals surface area contributed by atoms with Crippen molar-refractivity contribution in [3.63, 3.8) is 0 Å². The van der Waals surface area contributed by atoms with E-state index in [-0.39, 0.29) is 12.0 Å². The van der Waals surface area contributed by atoms with Gasteiger partial charge in [0.1, 0.15) is 5.76 Å². The van der Waals surface area contributed by atoms with Gasteiger partial charge < -0.3 is 23.7 Å². The summed E-state index contributed by atoms with van der Waals surface area (Å²) < 4.78 is 17.1. The van der Waals surface area contributed by atoms with Gasteiger partial charge in [0, 0.05) is 26.1 Å². The van der Waals surface area contributed by atoms with Gasteiger partial charge in [0.15, 0.2) is 5.76 Å². The van der Waals surface area contributed by atoms with Crippen LogP contribution in [0.15, 0.2) is 16.5 Å². The maximum absolute atomic E-state index is 12.4. The Labute approximate surface area is 137 Å². The first kappa shape index (κ1) is 16.5. The second kappa shape index (κ2) is 7.47. The largest absolute Gasteiger partial charge is 0.456 e. The molecule has 0 unspecified atom stereocenters. The molecule has 0 aliphatic carbocycles. The molecular weight excluding hydrogens is 296 g/mol. The van der Waals surface area contributed by atoms with E-state index in [0.717, 1.165) is 31.6 Å². The quantitative estimate of drug-likeness (QED) is 0.820. The van der Waals surface area contributed by atoms with E-state index in [1.807, 2.05) is 6.07 Å². The van der Waals surface area contributed by atoms with Crippen LogP contribution < -0.4 is 0 Å². The van der Waals surface area contributed by atoms with Crippen LogP contribution in [-0.2, 0) is 15.9 Å². The first-order valence-corrected chi connectivity index (χ1v) is 8.38. The standard InChI is InChI=1S/C17H26N2O4/c1-18(2)12-15-4-3-13(22-15)11-14-5-6-16(23-14)17(20)19-7-9-21-10-8-19/h5-6,13,15H,3-4,7-12H2,1-2H3/t13-,15+/m0/s1. The first-order chi connectivity index (χ1) is 11.1. The Kier molecular flexibility index (Phi) is 5.35. The lowest BCUT2D eigenvalue weighted by atomic mass is 10.1. The van der Waals surface area contributed by atoms with Crippen LogP contribution in [0.2, 0.25) is 0 Å². The van der Waals surface area contributed by atoms with E-state index < -0.39 is 0 Å². The highest BCUT2D eigenvalue weighted by Crippen LogP contribution is 2.24. The smallest absolute Gasteiger partial charge is 0.289 e. The van der Waals surface area contributed by atoms with Crippen molar-refractivity contribution in [2.45, 2.75) is 31.5 Å². The van der Waals surface area contributed by atoms with Crippen LogP contribution in [0.4, 0.5) is 0 Å². The van der Waals surface area contributed by atoms with Crippen molar-refractivity contribution in [3.8, 4) is 0 Å². The van der Waals surface area contributed by atoms with Gasteiger partial charge in [-0.15, -0.1) is 0 Å². The molecule has 0 spiro atoms. The highest BCUT2D eigenvalue weighted by Gasteiger charge is 2.27. The Morgan fingerprint density at radius 1 is 1.22 bits per heavy atom. The molecule has 6 heteroatoms. The van der Waals surface area contributed by atoms with Gasteiger partial charge in [-0.1, -0.05) is 0 Å². The summed E-state index contributed by atoms with van der Waals surface area (Å²) in [5.74, 6) is 1.21. The minimum absolute atomic E-state index is 0.0441. The third kappa shape index (κ3) is 4.34. The summed E-state index contributed by atoms with van der Waals surface area (Å²) in [5, 5.41) is 0. The zero-order valence-corrected chi connectivity index (χ0v) is 14.0. The lowest BCUT2D eigenvalue weighted by Gasteiger charge is -2.25. The number of nitrogens with zero attached hydrogens (tertiary/aromatic N) is 2. The van der Waals surface area contributed by atoms with Gasteiger partial charge in [0.25, 0.3) is 5.91 Å². The molecule has 2 atom stereocenters. The average Bonchev–Trinajstić information content (AvgIpc) is 3.17. The van der Waals surface area contributed by atoms with Gasteiger partial charge in [-0.25, -0.2) is 0 Å². The molecule has 0 aromatic carbocycles. The van der Waals surface area contributed by atoms with Crippen LogP contribution in [0.3, 0.4) is 0 Å². The van der Waals surface area contributed by atoms with Crippen LogP contribution in [0.5, 0.6) is 0 Å². The summed E-state index contributed by atoms with van der Waals surface area (Å²) >= 11 is 0. The summed E-state index contributed by atoms with van der Waals surface area (Å²) in [6, 6.07) is 3.68. The molecule has 128 valence electrons. The highest BCUT2D eigenvalue weighted by molar-refractivity contribution is 5.91. The van der Waals surface area contributed by atoms with Crippen molar-refractivity contribution in [3.05, 3.63) is 23.7 Å². The maximum atomic E-state index is 12.4. The molecule has 3 heterocycles. The van der Waals surface area contributed by atoms with Gasteiger partial charge in [0.05, 0.1) is 25.4 Å². The fraction of sp³-hybridized carbons (Fsp3) is 0.706. The lowest BCUT2D eigenvalue weighted by molar-refractivity contribution is 0.0258. The number of carbonyl (C=O) groups excluding carboxylic acids is 1. The molecule has 3 rings (SSSR count). The van der Waals surface area contributed by atoms with Crippen molar-refractivity contribution >= 4 is 5.91 Å². The van der Waals surface area contributed by atoms with Crippen LogP contribution in [0.1, 0.15) is 29.2 Å². The second-order valence-corrected chi connectivity index (χ2v) is 6.59. The fourth-order valence-electron chi connectivity index (χ4n) is 3.22. The monoisotopic (exact) mass is 322 g/mol. The predicted molar refractivity (Wildman–Crippen MR) is 85.6 cm³/mol. The maximum Gasteiger partial charge on any atom is 0.289 e. The molecule has 2 aliphatic heterocycles. The number of morpholine rings is 1. The SMILES string of the molecule is CN(C)C[C@H]1CC[C@@H](Cc2ccc(C(=O)N3CCOCC3)o2)O1. The molecule has 2 saturated heterocycles. The summed E-state index contributed by atoms with van der Waals surface area (Å²) in [7, 11) is 4.12. The number of furan rings is 1. The van der Waals surface area contributed by atoms with Crippen LogP contribution in [0.25, 0.3) is 0 Å². The Morgan fingerprint density at radius 3 is 2.70 bits per heavy atom. The molecule has 1 amide bonds. The molecule has 1 aromatic rings. The normalized spacial score (nSPS) is 25.3. The zero-order chi connectivity index (χ0) is 16.2. The number of hydrogen-bond donors (Lipinski definition) is 0. The summed E-state index contributed by atoms with van der Waals surface area (Å²) in [4.78, 5) is 16.3. The third-order valence-electron chi connectivity index (χ3n) is 4.36. The van der Waals surface area contributed by atoms with Crippen molar-refractivity contribution in [2.24, 2.45) is 0 Å². The molecule has 0 bridgehead atoms. The third-order valence-corrected chi connectivity index (χ3v) is 4.36. The number of carbonyl (C=O) groups is 1. The lowest BCUT2D eigenvalue weighted by Crippen LogP contribution is -2.40. The number of rotatable bonds is 5. The highest BCUT2D eigenvalue weighted by atomic mass is 16.5. The van der Waals surface area contributed by atoms with E-state index >= 15 is 0 Å². The van der Waals surface area contributed by atoms with Gasteiger partial charge in [-0.2, -0.15) is 0 Å². The van der Waals surface area contributed by atoms with Crippen molar-refractivity contribution < 1.29 is 18.7 Å². The molecule has 2 fully saturated rings. The molecule has 1 aromatic heterocycles. The van der Waals surface area contributed by atoms with Crippen LogP contribution in [0, 0.1) is 0 Å². The van der Waals surface area contributed by atoms with Crippen molar-refractivity contribution in [1.29, 1.82) is 0 Å². The Balaban J connectivity index is 1.52. The number of hydrogen-bond acceptors (Lipinski definition) is 5. The molecular formula is C17H26N2O4. The van der Waals surface area contributed by atoms with E-state index in [1.54, 1.807) is 11.0 Å². The minimum atomic E-state index is -0.0441. The summed E-state index contributed by atoms with van der Waals surface area (Å²) in [5.41, 5.74) is 0. The fourth-order valence-corrected chi connectivity index (χ4v) is 3.22. The Bertz CT molecular complexity index is 522. The molecule has 0 N–H and O–H groups in total. The molecule has 23 heavy (non-hydrogen) atoms. The van der Waals surface area contributed by atoms with E-state index in [1.165, 1.54) is 0 Å². The van der Waals surface area contributed by atoms with Crippen LogP contribution in [-0.4, -0.2) is 74.9 Å². The van der Waals surface area contributed by atoms with Crippen LogP contribution >= 0.6 is 0 Å². The summed E-state index contributed by atoms with van der Waals surface area (Å²) in [6.45, 7) is 3.42. The number of likely N-dealkylation sites (N-methyl/N-ethyl adjacent to an activating group) is 1. The minimum Gasteiger partial charge on any atom is -0.456 e. The second-order valence-electron chi connectivity index (χ2n) is 6.59. The zero-order valence-electron chi connectivity index (χ0n) is 14.0. The molecule has 0 radical (unpaired) electrons. The van der Waals surface area contributed by atoms with Gasteiger partial charge in [0.2, 0.25) is 0 Å². The van der Waals surface area contributed by atoms with Crippen molar-refractivity contribution in [1.82, 2.24) is 9.80 Å².